The molecule has 0 spiro atoms. The highest BCUT2D eigenvalue weighted by Gasteiger charge is 2.17. The fourth-order valence-corrected chi connectivity index (χ4v) is 3.29. The van der Waals surface area contributed by atoms with E-state index < -0.39 is 0 Å². The Morgan fingerprint density at radius 2 is 1.69 bits per heavy atom. The molecule has 4 aromatic rings. The minimum Gasteiger partial charge on any atom is -0.248 e. The molecule has 4 rings (SSSR count). The maximum atomic E-state index is 4.73. The number of rotatable bonds is 3. The van der Waals surface area contributed by atoms with Crippen LogP contribution < -0.4 is 4.57 Å². The standard InChI is InChI=1S/C23H20N3/c1-17-20-11-7-6-10-19(20)12-13-21(17)23-22(15-24-16-26(23)2)25-14-18-8-4-3-5-9-18/h3-16H,1-2H3/q+1. The Morgan fingerprint density at radius 1 is 0.923 bits per heavy atom. The summed E-state index contributed by atoms with van der Waals surface area (Å²) >= 11 is 0. The molecular formula is C23H20N3+. The molecule has 0 radical (unpaired) electrons. The SMILES string of the molecule is Cc1c(-c2c(N=Cc3ccccc3)cnc[n+]2C)ccc2ccccc12. The summed E-state index contributed by atoms with van der Waals surface area (Å²) in [7, 11) is 2.01. The number of aromatic nitrogens is 2. The molecule has 3 aromatic carbocycles. The monoisotopic (exact) mass is 338 g/mol. The van der Waals surface area contributed by atoms with Gasteiger partial charge < -0.3 is 0 Å². The molecule has 0 atom stereocenters. The summed E-state index contributed by atoms with van der Waals surface area (Å²) < 4.78 is 2.04. The second-order valence-corrected chi connectivity index (χ2v) is 6.37. The van der Waals surface area contributed by atoms with E-state index in [4.69, 9.17) is 4.99 Å². The lowest BCUT2D eigenvalue weighted by Gasteiger charge is -2.11. The molecule has 0 aliphatic rings. The van der Waals surface area contributed by atoms with Crippen LogP contribution in [0.2, 0.25) is 0 Å². The third-order valence-electron chi connectivity index (χ3n) is 4.64. The number of hydrogen-bond acceptors (Lipinski definition) is 2. The van der Waals surface area contributed by atoms with Gasteiger partial charge in [0.05, 0.1) is 7.05 Å². The van der Waals surface area contributed by atoms with E-state index in [1.165, 1.54) is 21.9 Å². The first-order valence-corrected chi connectivity index (χ1v) is 8.65. The number of fused-ring (bicyclic) bond motifs is 1. The molecule has 3 heteroatoms. The van der Waals surface area contributed by atoms with Crippen molar-refractivity contribution in [2.45, 2.75) is 6.92 Å². The summed E-state index contributed by atoms with van der Waals surface area (Å²) in [5.41, 5.74) is 5.42. The van der Waals surface area contributed by atoms with Gasteiger partial charge in [-0.2, -0.15) is 0 Å². The van der Waals surface area contributed by atoms with Gasteiger partial charge in [-0.25, -0.2) is 9.56 Å². The predicted molar refractivity (Wildman–Crippen MR) is 107 cm³/mol. The van der Waals surface area contributed by atoms with Gasteiger partial charge in [-0.05, 0) is 34.9 Å². The number of aliphatic imine (C=N–C) groups is 1. The zero-order valence-corrected chi connectivity index (χ0v) is 14.9. The van der Waals surface area contributed by atoms with Gasteiger partial charge in [0.1, 0.15) is 0 Å². The highest BCUT2D eigenvalue weighted by molar-refractivity contribution is 5.92. The van der Waals surface area contributed by atoms with Crippen molar-refractivity contribution < 1.29 is 4.57 Å². The van der Waals surface area contributed by atoms with Gasteiger partial charge in [0, 0.05) is 11.8 Å². The molecule has 0 bridgehead atoms. The van der Waals surface area contributed by atoms with E-state index in [1.54, 1.807) is 0 Å². The van der Waals surface area contributed by atoms with Crippen LogP contribution in [0.4, 0.5) is 5.69 Å². The van der Waals surface area contributed by atoms with Crippen molar-refractivity contribution in [3.05, 3.63) is 90.4 Å². The van der Waals surface area contributed by atoms with E-state index in [1.807, 2.05) is 60.7 Å². The Bertz CT molecular complexity index is 1100. The molecule has 0 aliphatic carbocycles. The van der Waals surface area contributed by atoms with Gasteiger partial charge in [-0.15, -0.1) is 0 Å². The first kappa shape index (κ1) is 16.2. The maximum Gasteiger partial charge on any atom is 0.286 e. The quantitative estimate of drug-likeness (QED) is 0.390. The average molecular weight is 338 g/mol. The highest BCUT2D eigenvalue weighted by atomic mass is 15.0. The average Bonchev–Trinajstić information content (AvgIpc) is 2.68. The third-order valence-corrected chi connectivity index (χ3v) is 4.64. The van der Waals surface area contributed by atoms with E-state index in [0.717, 1.165) is 16.9 Å². The minimum atomic E-state index is 0.859. The van der Waals surface area contributed by atoms with Crippen LogP contribution in [0.3, 0.4) is 0 Å². The molecule has 26 heavy (non-hydrogen) atoms. The van der Waals surface area contributed by atoms with Crippen molar-refractivity contribution in [2.24, 2.45) is 12.0 Å². The fourth-order valence-electron chi connectivity index (χ4n) is 3.29. The Hall–Kier alpha value is -3.33. The largest absolute Gasteiger partial charge is 0.286 e. The molecule has 0 N–H and O–H groups in total. The van der Waals surface area contributed by atoms with E-state index in [0.29, 0.717) is 0 Å². The minimum absolute atomic E-state index is 0.859. The molecule has 0 unspecified atom stereocenters. The molecule has 0 fully saturated rings. The first-order valence-electron chi connectivity index (χ1n) is 8.65. The van der Waals surface area contributed by atoms with Crippen LogP contribution in [0.25, 0.3) is 22.0 Å². The van der Waals surface area contributed by atoms with Crippen molar-refractivity contribution in [3.63, 3.8) is 0 Å². The number of aryl methyl sites for hydroxylation is 2. The van der Waals surface area contributed by atoms with Crippen LogP contribution in [0.15, 0.2) is 84.2 Å². The Kier molecular flexibility index (Phi) is 4.28. The smallest absolute Gasteiger partial charge is 0.248 e. The lowest BCUT2D eigenvalue weighted by molar-refractivity contribution is -0.663. The van der Waals surface area contributed by atoms with E-state index in [2.05, 4.69) is 48.3 Å². The van der Waals surface area contributed by atoms with Crippen LogP contribution in [0, 0.1) is 6.92 Å². The third kappa shape index (κ3) is 3.00. The van der Waals surface area contributed by atoms with Gasteiger partial charge in [-0.3, -0.25) is 0 Å². The number of benzene rings is 3. The van der Waals surface area contributed by atoms with Crippen molar-refractivity contribution in [3.8, 4) is 11.3 Å². The van der Waals surface area contributed by atoms with Gasteiger partial charge in [0.2, 0.25) is 0 Å². The van der Waals surface area contributed by atoms with Crippen LogP contribution in [-0.4, -0.2) is 11.2 Å². The zero-order chi connectivity index (χ0) is 17.9. The van der Waals surface area contributed by atoms with Crippen molar-refractivity contribution in [1.29, 1.82) is 0 Å². The molecule has 1 aromatic heterocycles. The normalized spacial score (nSPS) is 11.3. The highest BCUT2D eigenvalue weighted by Crippen LogP contribution is 2.32. The summed E-state index contributed by atoms with van der Waals surface area (Å²) in [6, 6.07) is 22.9. The van der Waals surface area contributed by atoms with Crippen molar-refractivity contribution in [1.82, 2.24) is 4.98 Å². The maximum absolute atomic E-state index is 4.73. The van der Waals surface area contributed by atoms with Crippen LogP contribution >= 0.6 is 0 Å². The molecule has 0 aliphatic heterocycles. The van der Waals surface area contributed by atoms with Gasteiger partial charge in [-0.1, -0.05) is 65.6 Å². The van der Waals surface area contributed by atoms with E-state index in [-0.39, 0.29) is 0 Å². The van der Waals surface area contributed by atoms with Crippen molar-refractivity contribution in [2.75, 3.05) is 0 Å². The molecule has 0 saturated carbocycles. The Morgan fingerprint density at radius 3 is 2.54 bits per heavy atom. The zero-order valence-electron chi connectivity index (χ0n) is 14.9. The van der Waals surface area contributed by atoms with Crippen LogP contribution in [-0.2, 0) is 7.05 Å². The van der Waals surface area contributed by atoms with Gasteiger partial charge >= 0.3 is 0 Å². The van der Waals surface area contributed by atoms with Crippen LogP contribution in [0.5, 0.6) is 0 Å². The van der Waals surface area contributed by atoms with E-state index in [9.17, 15) is 0 Å². The molecule has 3 nitrogen and oxygen atoms in total. The Labute approximate surface area is 153 Å². The second kappa shape index (κ2) is 6.89. The summed E-state index contributed by atoms with van der Waals surface area (Å²) in [5.74, 6) is 0. The second-order valence-electron chi connectivity index (χ2n) is 6.37. The molecule has 0 saturated heterocycles. The van der Waals surface area contributed by atoms with Crippen molar-refractivity contribution >= 4 is 22.7 Å². The topological polar surface area (TPSA) is 29.1 Å². The summed E-state index contributed by atoms with van der Waals surface area (Å²) in [5, 5.41) is 2.51. The lowest BCUT2D eigenvalue weighted by Crippen LogP contribution is -2.31. The first-order chi connectivity index (χ1) is 12.7. The molecule has 1 heterocycles. The molecular weight excluding hydrogens is 318 g/mol. The number of hydrogen-bond donors (Lipinski definition) is 0. The predicted octanol–water partition coefficient (Wildman–Crippen LogP) is 4.79. The Balaban J connectivity index is 1.87. The number of nitrogens with zero attached hydrogens (tertiary/aromatic N) is 3. The van der Waals surface area contributed by atoms with Gasteiger partial charge in [0.25, 0.3) is 6.33 Å². The summed E-state index contributed by atoms with van der Waals surface area (Å²) in [6.45, 7) is 2.17. The fraction of sp³-hybridized carbons (Fsp3) is 0.0870. The lowest BCUT2D eigenvalue weighted by atomic mass is 9.97. The summed E-state index contributed by atoms with van der Waals surface area (Å²) in [6.07, 6.45) is 5.53. The summed E-state index contributed by atoms with van der Waals surface area (Å²) in [4.78, 5) is 9.05. The molecule has 0 amide bonds. The van der Waals surface area contributed by atoms with Crippen LogP contribution in [0.1, 0.15) is 11.1 Å². The molecule has 126 valence electrons. The van der Waals surface area contributed by atoms with Gasteiger partial charge in [0.15, 0.2) is 17.6 Å². The van der Waals surface area contributed by atoms with E-state index >= 15 is 0 Å².